The summed E-state index contributed by atoms with van der Waals surface area (Å²) in [6.45, 7) is 5.57. The number of fused-ring (bicyclic) bond motifs is 1. The molecule has 4 rings (SSSR count). The molecule has 0 unspecified atom stereocenters. The molecular formula is C23H22N2O. The standard InChI is InChI=1S/C23H22N2O/c1-3-26-20-14-12-19(13-15-20)23-24-21-6-4-5-7-22(21)25(23)16-18-10-8-17(2)9-11-18/h4-15H,3,16H2,1-2H3. The van der Waals surface area contributed by atoms with E-state index in [0.717, 1.165) is 34.7 Å². The molecule has 0 saturated heterocycles. The Kier molecular flexibility index (Phi) is 4.44. The van der Waals surface area contributed by atoms with Crippen LogP contribution < -0.4 is 4.74 Å². The molecule has 130 valence electrons. The van der Waals surface area contributed by atoms with E-state index in [2.05, 4.69) is 66.1 Å². The molecule has 0 amide bonds. The van der Waals surface area contributed by atoms with Gasteiger partial charge in [-0.05, 0) is 55.8 Å². The summed E-state index contributed by atoms with van der Waals surface area (Å²) in [4.78, 5) is 4.89. The summed E-state index contributed by atoms with van der Waals surface area (Å²) < 4.78 is 7.85. The second-order valence-corrected chi connectivity index (χ2v) is 6.45. The Labute approximate surface area is 153 Å². The molecular weight excluding hydrogens is 320 g/mol. The van der Waals surface area contributed by atoms with Crippen LogP contribution >= 0.6 is 0 Å². The van der Waals surface area contributed by atoms with Crippen molar-refractivity contribution >= 4 is 11.0 Å². The molecule has 26 heavy (non-hydrogen) atoms. The van der Waals surface area contributed by atoms with E-state index in [1.807, 2.05) is 25.1 Å². The lowest BCUT2D eigenvalue weighted by Crippen LogP contribution is -2.02. The fraction of sp³-hybridized carbons (Fsp3) is 0.174. The van der Waals surface area contributed by atoms with Crippen molar-refractivity contribution in [1.82, 2.24) is 9.55 Å². The lowest BCUT2D eigenvalue weighted by Gasteiger charge is -2.11. The number of benzene rings is 3. The molecule has 3 nitrogen and oxygen atoms in total. The molecule has 0 radical (unpaired) electrons. The molecule has 0 atom stereocenters. The molecule has 0 N–H and O–H groups in total. The zero-order valence-corrected chi connectivity index (χ0v) is 15.1. The normalized spacial score (nSPS) is 11.0. The quantitative estimate of drug-likeness (QED) is 0.481. The highest BCUT2D eigenvalue weighted by Gasteiger charge is 2.13. The van der Waals surface area contributed by atoms with Crippen LogP contribution in [0.3, 0.4) is 0 Å². The maximum Gasteiger partial charge on any atom is 0.141 e. The van der Waals surface area contributed by atoms with Gasteiger partial charge in [-0.25, -0.2) is 4.98 Å². The van der Waals surface area contributed by atoms with Crippen LogP contribution in [-0.2, 0) is 6.54 Å². The van der Waals surface area contributed by atoms with Gasteiger partial charge in [0, 0.05) is 12.1 Å². The summed E-state index contributed by atoms with van der Waals surface area (Å²) in [5, 5.41) is 0. The molecule has 4 aromatic rings. The Hall–Kier alpha value is -3.07. The molecule has 0 spiro atoms. The fourth-order valence-electron chi connectivity index (χ4n) is 3.20. The van der Waals surface area contributed by atoms with E-state index in [0.29, 0.717) is 6.61 Å². The van der Waals surface area contributed by atoms with E-state index in [9.17, 15) is 0 Å². The number of ether oxygens (including phenoxy) is 1. The van der Waals surface area contributed by atoms with Crippen LogP contribution in [0.5, 0.6) is 5.75 Å². The number of aryl methyl sites for hydroxylation is 1. The summed E-state index contributed by atoms with van der Waals surface area (Å²) in [6, 6.07) is 25.2. The molecule has 0 aliphatic carbocycles. The highest BCUT2D eigenvalue weighted by molar-refractivity contribution is 5.80. The van der Waals surface area contributed by atoms with E-state index < -0.39 is 0 Å². The first-order valence-electron chi connectivity index (χ1n) is 8.98. The first kappa shape index (κ1) is 16.4. The first-order valence-corrected chi connectivity index (χ1v) is 8.98. The molecule has 0 bridgehead atoms. The van der Waals surface area contributed by atoms with Crippen molar-refractivity contribution in [2.75, 3.05) is 6.61 Å². The van der Waals surface area contributed by atoms with Gasteiger partial charge in [0.1, 0.15) is 11.6 Å². The number of rotatable bonds is 5. The van der Waals surface area contributed by atoms with Gasteiger partial charge in [-0.2, -0.15) is 0 Å². The number of hydrogen-bond acceptors (Lipinski definition) is 2. The number of aromatic nitrogens is 2. The third-order valence-electron chi connectivity index (χ3n) is 4.54. The van der Waals surface area contributed by atoms with E-state index in [1.165, 1.54) is 11.1 Å². The molecule has 0 fully saturated rings. The molecule has 1 aromatic heterocycles. The lowest BCUT2D eigenvalue weighted by atomic mass is 10.1. The number of hydrogen-bond donors (Lipinski definition) is 0. The summed E-state index contributed by atoms with van der Waals surface area (Å²) >= 11 is 0. The average Bonchev–Trinajstić information content (AvgIpc) is 3.03. The van der Waals surface area contributed by atoms with Crippen molar-refractivity contribution in [3.63, 3.8) is 0 Å². The van der Waals surface area contributed by atoms with Gasteiger partial charge >= 0.3 is 0 Å². The van der Waals surface area contributed by atoms with Gasteiger partial charge in [0.25, 0.3) is 0 Å². The van der Waals surface area contributed by atoms with Gasteiger partial charge in [-0.15, -0.1) is 0 Å². The van der Waals surface area contributed by atoms with Crippen molar-refractivity contribution in [2.24, 2.45) is 0 Å². The Bertz CT molecular complexity index is 1010. The van der Waals surface area contributed by atoms with Gasteiger partial charge in [0.2, 0.25) is 0 Å². The monoisotopic (exact) mass is 342 g/mol. The van der Waals surface area contributed by atoms with E-state index in [4.69, 9.17) is 9.72 Å². The highest BCUT2D eigenvalue weighted by atomic mass is 16.5. The first-order chi connectivity index (χ1) is 12.7. The largest absolute Gasteiger partial charge is 0.494 e. The van der Waals surface area contributed by atoms with Crippen molar-refractivity contribution in [3.05, 3.63) is 83.9 Å². The van der Waals surface area contributed by atoms with Gasteiger partial charge in [0.05, 0.1) is 17.6 Å². The average molecular weight is 342 g/mol. The van der Waals surface area contributed by atoms with E-state index in [-0.39, 0.29) is 0 Å². The van der Waals surface area contributed by atoms with Gasteiger partial charge in [-0.1, -0.05) is 42.0 Å². The second kappa shape index (κ2) is 7.04. The number of imidazole rings is 1. The van der Waals surface area contributed by atoms with Gasteiger partial charge in [-0.3, -0.25) is 0 Å². The predicted molar refractivity (Wildman–Crippen MR) is 107 cm³/mol. The summed E-state index contributed by atoms with van der Waals surface area (Å²) in [6.07, 6.45) is 0. The smallest absolute Gasteiger partial charge is 0.141 e. The topological polar surface area (TPSA) is 27.1 Å². The molecule has 0 aliphatic rings. The fourth-order valence-corrected chi connectivity index (χ4v) is 3.20. The Balaban J connectivity index is 1.79. The van der Waals surface area contributed by atoms with E-state index in [1.54, 1.807) is 0 Å². The summed E-state index contributed by atoms with van der Waals surface area (Å²) in [5.74, 6) is 1.87. The third-order valence-corrected chi connectivity index (χ3v) is 4.54. The molecule has 0 saturated carbocycles. The van der Waals surface area contributed by atoms with Crippen LogP contribution in [-0.4, -0.2) is 16.2 Å². The number of nitrogens with zero attached hydrogens (tertiary/aromatic N) is 2. The minimum absolute atomic E-state index is 0.672. The predicted octanol–water partition coefficient (Wildman–Crippen LogP) is 5.46. The van der Waals surface area contributed by atoms with Crippen molar-refractivity contribution in [3.8, 4) is 17.1 Å². The Morgan fingerprint density at radius 1 is 0.885 bits per heavy atom. The summed E-state index contributed by atoms with van der Waals surface area (Å²) in [7, 11) is 0. The minimum Gasteiger partial charge on any atom is -0.494 e. The number of para-hydroxylation sites is 2. The SMILES string of the molecule is CCOc1ccc(-c2nc3ccccc3n2Cc2ccc(C)cc2)cc1. The highest BCUT2D eigenvalue weighted by Crippen LogP contribution is 2.27. The molecule has 3 heteroatoms. The zero-order valence-electron chi connectivity index (χ0n) is 15.1. The third kappa shape index (κ3) is 3.21. The second-order valence-electron chi connectivity index (χ2n) is 6.45. The summed E-state index contributed by atoms with van der Waals surface area (Å²) in [5.41, 5.74) is 5.80. The van der Waals surface area contributed by atoms with Crippen molar-refractivity contribution in [1.29, 1.82) is 0 Å². The van der Waals surface area contributed by atoms with Crippen LogP contribution in [0.4, 0.5) is 0 Å². The molecule has 0 aliphatic heterocycles. The van der Waals surface area contributed by atoms with Crippen molar-refractivity contribution < 1.29 is 4.74 Å². The van der Waals surface area contributed by atoms with Crippen LogP contribution in [0, 0.1) is 6.92 Å². The van der Waals surface area contributed by atoms with Gasteiger partial charge in [0.15, 0.2) is 0 Å². The van der Waals surface area contributed by atoms with Crippen LogP contribution in [0.2, 0.25) is 0 Å². The molecule has 1 heterocycles. The van der Waals surface area contributed by atoms with Gasteiger partial charge < -0.3 is 9.30 Å². The molecule has 3 aromatic carbocycles. The van der Waals surface area contributed by atoms with E-state index >= 15 is 0 Å². The van der Waals surface area contributed by atoms with Crippen molar-refractivity contribution in [2.45, 2.75) is 20.4 Å². The zero-order chi connectivity index (χ0) is 17.9. The lowest BCUT2D eigenvalue weighted by molar-refractivity contribution is 0.340. The maximum absolute atomic E-state index is 5.57. The maximum atomic E-state index is 5.57. The Morgan fingerprint density at radius 2 is 1.62 bits per heavy atom. The minimum atomic E-state index is 0.672. The van der Waals surface area contributed by atoms with Crippen LogP contribution in [0.1, 0.15) is 18.1 Å². The van der Waals surface area contributed by atoms with Crippen LogP contribution in [0.15, 0.2) is 72.8 Å². The van der Waals surface area contributed by atoms with Crippen LogP contribution in [0.25, 0.3) is 22.4 Å². The Morgan fingerprint density at radius 3 is 2.35 bits per heavy atom.